The lowest BCUT2D eigenvalue weighted by molar-refractivity contribution is -0.140. The van der Waals surface area contributed by atoms with Crippen LogP contribution in [0.25, 0.3) is 10.9 Å². The first-order chi connectivity index (χ1) is 9.02. The third-order valence-corrected chi connectivity index (χ3v) is 3.74. The van der Waals surface area contributed by atoms with Crippen LogP contribution in [0.5, 0.6) is 0 Å². The summed E-state index contributed by atoms with van der Waals surface area (Å²) in [6, 6.07) is 5.61. The minimum Gasteiger partial charge on any atom is -0.469 e. The molecule has 0 amide bonds. The number of benzene rings is 1. The number of carbonyl (C=O) groups excluding carboxylic acids is 1. The number of hydrogen-bond donors (Lipinski definition) is 0. The average Bonchev–Trinajstić information content (AvgIpc) is 2.40. The summed E-state index contributed by atoms with van der Waals surface area (Å²) < 4.78 is 4.62. The normalized spacial score (nSPS) is 10.7. The molecule has 0 radical (unpaired) electrons. The van der Waals surface area contributed by atoms with E-state index < -0.39 is 0 Å². The second-order valence-corrected chi connectivity index (χ2v) is 5.05. The standard InChI is InChI=1S/C14H13Cl2NO2/c1-8-7-9(3-6-12(18)19-2)17-14-10(8)4-5-11(15)13(14)16/h4-5,7H,3,6H2,1-2H3. The zero-order valence-electron chi connectivity index (χ0n) is 10.7. The molecule has 2 aromatic rings. The zero-order chi connectivity index (χ0) is 14.0. The van der Waals surface area contributed by atoms with Crippen molar-refractivity contribution in [2.75, 3.05) is 7.11 Å². The van der Waals surface area contributed by atoms with Crippen molar-refractivity contribution in [1.29, 1.82) is 0 Å². The number of hydrogen-bond acceptors (Lipinski definition) is 3. The highest BCUT2D eigenvalue weighted by Gasteiger charge is 2.10. The van der Waals surface area contributed by atoms with Crippen LogP contribution in [-0.2, 0) is 16.0 Å². The summed E-state index contributed by atoms with van der Waals surface area (Å²) in [5.41, 5.74) is 2.54. The molecule has 0 spiro atoms. The number of methoxy groups -OCH3 is 1. The van der Waals surface area contributed by atoms with Crippen molar-refractivity contribution in [3.05, 3.63) is 39.5 Å². The van der Waals surface area contributed by atoms with E-state index in [9.17, 15) is 4.79 Å². The van der Waals surface area contributed by atoms with Crippen LogP contribution in [0.4, 0.5) is 0 Å². The van der Waals surface area contributed by atoms with Gasteiger partial charge in [0.15, 0.2) is 0 Å². The molecular weight excluding hydrogens is 285 g/mol. The number of halogens is 2. The summed E-state index contributed by atoms with van der Waals surface area (Å²) in [4.78, 5) is 15.6. The Morgan fingerprint density at radius 1 is 1.37 bits per heavy atom. The quantitative estimate of drug-likeness (QED) is 0.805. The second kappa shape index (κ2) is 5.76. The van der Waals surface area contributed by atoms with E-state index in [1.54, 1.807) is 6.07 Å². The first-order valence-electron chi connectivity index (χ1n) is 5.84. The maximum atomic E-state index is 11.2. The van der Waals surface area contributed by atoms with Gasteiger partial charge in [0.05, 0.1) is 29.1 Å². The monoisotopic (exact) mass is 297 g/mol. The Hall–Kier alpha value is -1.32. The van der Waals surface area contributed by atoms with E-state index in [2.05, 4.69) is 9.72 Å². The van der Waals surface area contributed by atoms with Gasteiger partial charge in [0.2, 0.25) is 0 Å². The van der Waals surface area contributed by atoms with Crippen molar-refractivity contribution in [3.8, 4) is 0 Å². The van der Waals surface area contributed by atoms with E-state index in [-0.39, 0.29) is 5.97 Å². The van der Waals surface area contributed by atoms with Crippen LogP contribution in [0.3, 0.4) is 0 Å². The molecule has 1 aromatic heterocycles. The molecule has 5 heteroatoms. The lowest BCUT2D eigenvalue weighted by atomic mass is 10.1. The highest BCUT2D eigenvalue weighted by molar-refractivity contribution is 6.45. The highest BCUT2D eigenvalue weighted by atomic mass is 35.5. The molecule has 0 fully saturated rings. The first kappa shape index (κ1) is 14.1. The third kappa shape index (κ3) is 2.99. The van der Waals surface area contributed by atoms with Gasteiger partial charge in [0.25, 0.3) is 0 Å². The predicted octanol–water partition coefficient (Wildman–Crippen LogP) is 3.96. The van der Waals surface area contributed by atoms with E-state index >= 15 is 0 Å². The molecule has 19 heavy (non-hydrogen) atoms. The Balaban J connectivity index is 2.42. The SMILES string of the molecule is COC(=O)CCc1cc(C)c2ccc(Cl)c(Cl)c2n1. The van der Waals surface area contributed by atoms with Gasteiger partial charge in [-0.1, -0.05) is 29.3 Å². The molecule has 3 nitrogen and oxygen atoms in total. The number of nitrogens with zero attached hydrogens (tertiary/aromatic N) is 1. The lowest BCUT2D eigenvalue weighted by Gasteiger charge is -2.08. The van der Waals surface area contributed by atoms with Crippen LogP contribution < -0.4 is 0 Å². The van der Waals surface area contributed by atoms with Gasteiger partial charge < -0.3 is 4.74 Å². The fourth-order valence-electron chi connectivity index (χ4n) is 1.93. The number of fused-ring (bicyclic) bond motifs is 1. The van der Waals surface area contributed by atoms with E-state index in [1.165, 1.54) is 7.11 Å². The number of aryl methyl sites for hydroxylation is 2. The van der Waals surface area contributed by atoms with Crippen LogP contribution in [0.2, 0.25) is 10.0 Å². The number of esters is 1. The minimum atomic E-state index is -0.253. The first-order valence-corrected chi connectivity index (χ1v) is 6.59. The van der Waals surface area contributed by atoms with Crippen LogP contribution >= 0.6 is 23.2 Å². The third-order valence-electron chi connectivity index (χ3n) is 2.95. The van der Waals surface area contributed by atoms with Gasteiger partial charge in [-0.15, -0.1) is 0 Å². The molecular formula is C14H13Cl2NO2. The van der Waals surface area contributed by atoms with E-state index in [0.717, 1.165) is 16.6 Å². The van der Waals surface area contributed by atoms with E-state index in [0.29, 0.717) is 28.4 Å². The second-order valence-electron chi connectivity index (χ2n) is 4.26. The van der Waals surface area contributed by atoms with E-state index in [4.69, 9.17) is 23.2 Å². The fourth-order valence-corrected chi connectivity index (χ4v) is 2.29. The molecule has 0 unspecified atom stereocenters. The molecule has 1 heterocycles. The van der Waals surface area contributed by atoms with Crippen LogP contribution in [0, 0.1) is 6.92 Å². The summed E-state index contributed by atoms with van der Waals surface area (Å²) in [5, 5.41) is 1.89. The molecule has 0 atom stereocenters. The van der Waals surface area contributed by atoms with Crippen molar-refractivity contribution in [1.82, 2.24) is 4.98 Å². The Morgan fingerprint density at radius 3 is 2.79 bits per heavy atom. The summed E-state index contributed by atoms with van der Waals surface area (Å²) >= 11 is 12.2. The molecule has 0 saturated heterocycles. The van der Waals surface area contributed by atoms with Crippen LogP contribution in [0.15, 0.2) is 18.2 Å². The molecule has 100 valence electrons. The molecule has 0 bridgehead atoms. The summed E-state index contributed by atoms with van der Waals surface area (Å²) in [5.74, 6) is -0.253. The van der Waals surface area contributed by atoms with Gasteiger partial charge in [-0.25, -0.2) is 0 Å². The number of carbonyl (C=O) groups is 1. The maximum absolute atomic E-state index is 11.2. The number of ether oxygens (including phenoxy) is 1. The van der Waals surface area contributed by atoms with Crippen LogP contribution in [-0.4, -0.2) is 18.1 Å². The molecule has 0 aliphatic carbocycles. The van der Waals surface area contributed by atoms with E-state index in [1.807, 2.05) is 19.1 Å². The van der Waals surface area contributed by atoms with Gasteiger partial charge >= 0.3 is 5.97 Å². The smallest absolute Gasteiger partial charge is 0.305 e. The van der Waals surface area contributed by atoms with Crippen molar-refractivity contribution in [3.63, 3.8) is 0 Å². The number of aromatic nitrogens is 1. The summed E-state index contributed by atoms with van der Waals surface area (Å²) in [6.07, 6.45) is 0.818. The van der Waals surface area contributed by atoms with Crippen molar-refractivity contribution in [2.45, 2.75) is 19.8 Å². The number of rotatable bonds is 3. The molecule has 1 aromatic carbocycles. The van der Waals surface area contributed by atoms with Gasteiger partial charge in [-0.2, -0.15) is 0 Å². The number of pyridine rings is 1. The van der Waals surface area contributed by atoms with Crippen molar-refractivity contribution < 1.29 is 9.53 Å². The minimum absolute atomic E-state index is 0.253. The largest absolute Gasteiger partial charge is 0.469 e. The molecule has 0 aliphatic heterocycles. The van der Waals surface area contributed by atoms with Gasteiger partial charge in [-0.05, 0) is 24.6 Å². The Labute approximate surface area is 121 Å². The predicted molar refractivity (Wildman–Crippen MR) is 76.8 cm³/mol. The Bertz CT molecular complexity index is 641. The average molecular weight is 298 g/mol. The zero-order valence-corrected chi connectivity index (χ0v) is 12.2. The molecule has 0 aliphatic rings. The van der Waals surface area contributed by atoms with Gasteiger partial charge in [0.1, 0.15) is 0 Å². The molecule has 2 rings (SSSR count). The maximum Gasteiger partial charge on any atom is 0.305 e. The van der Waals surface area contributed by atoms with Crippen LogP contribution in [0.1, 0.15) is 17.7 Å². The van der Waals surface area contributed by atoms with Crippen molar-refractivity contribution in [2.24, 2.45) is 0 Å². The topological polar surface area (TPSA) is 39.2 Å². The lowest BCUT2D eigenvalue weighted by Crippen LogP contribution is -2.03. The van der Waals surface area contributed by atoms with Gasteiger partial charge in [-0.3, -0.25) is 9.78 Å². The fraction of sp³-hybridized carbons (Fsp3) is 0.286. The van der Waals surface area contributed by atoms with Gasteiger partial charge in [0, 0.05) is 17.5 Å². The highest BCUT2D eigenvalue weighted by Crippen LogP contribution is 2.31. The molecule has 0 saturated carbocycles. The summed E-state index contributed by atoms with van der Waals surface area (Å²) in [7, 11) is 1.37. The summed E-state index contributed by atoms with van der Waals surface area (Å²) in [6.45, 7) is 1.98. The van der Waals surface area contributed by atoms with Crippen molar-refractivity contribution >= 4 is 40.1 Å². The molecule has 0 N–H and O–H groups in total. The Kier molecular flexibility index (Phi) is 4.27. The Morgan fingerprint density at radius 2 is 2.11 bits per heavy atom.